The number of alkyl halides is 3. The van der Waals surface area contributed by atoms with E-state index in [1.54, 1.807) is 4.90 Å². The summed E-state index contributed by atoms with van der Waals surface area (Å²) in [6.45, 7) is 4.36. The third-order valence-corrected chi connectivity index (χ3v) is 4.29. The fourth-order valence-corrected chi connectivity index (χ4v) is 3.12. The highest BCUT2D eigenvalue weighted by molar-refractivity contribution is 5.80. The summed E-state index contributed by atoms with van der Waals surface area (Å²) in [7, 11) is 0. The number of nitrogens with zero attached hydrogens (tertiary/aromatic N) is 5. The first-order valence-electron chi connectivity index (χ1n) is 8.18. The number of amides is 1. The van der Waals surface area contributed by atoms with Crippen molar-refractivity contribution in [3.63, 3.8) is 0 Å². The molecule has 0 aromatic carbocycles. The summed E-state index contributed by atoms with van der Waals surface area (Å²) in [6.07, 6.45) is -0.217. The summed E-state index contributed by atoms with van der Waals surface area (Å²) in [5.41, 5.74) is 0. The summed E-state index contributed by atoms with van der Waals surface area (Å²) in [4.78, 5) is 14.5. The van der Waals surface area contributed by atoms with Crippen molar-refractivity contribution >= 4 is 5.91 Å². The largest absolute Gasteiger partial charge is 0.451 e. The van der Waals surface area contributed by atoms with Crippen LogP contribution in [0.15, 0.2) is 24.5 Å². The Hall–Kier alpha value is -2.32. The quantitative estimate of drug-likeness (QED) is 0.847. The lowest BCUT2D eigenvalue weighted by atomic mass is 10.0. The normalized spacial score (nSPS) is 16.2. The number of aromatic nitrogens is 4. The second-order valence-corrected chi connectivity index (χ2v) is 6.62. The highest BCUT2D eigenvalue weighted by Crippen LogP contribution is 2.30. The molecule has 2 aromatic rings. The smallest absolute Gasteiger partial charge is 0.342 e. The zero-order chi connectivity index (χ0) is 18.2. The highest BCUT2D eigenvalue weighted by atomic mass is 19.4. The molecule has 136 valence electrons. The van der Waals surface area contributed by atoms with Crippen LogP contribution in [0.3, 0.4) is 0 Å². The Morgan fingerprint density at radius 1 is 1.20 bits per heavy atom. The highest BCUT2D eigenvalue weighted by Gasteiger charge is 2.40. The van der Waals surface area contributed by atoms with Crippen LogP contribution in [-0.2, 0) is 24.1 Å². The molecule has 2 aromatic heterocycles. The molecule has 6 nitrogen and oxygen atoms in total. The molecule has 9 heteroatoms. The van der Waals surface area contributed by atoms with Gasteiger partial charge in [-0.05, 0) is 24.5 Å². The molecule has 1 aliphatic rings. The van der Waals surface area contributed by atoms with Gasteiger partial charge in [0.2, 0.25) is 11.7 Å². The topological polar surface area (TPSA) is 56.0 Å². The first-order chi connectivity index (χ1) is 11.8. The van der Waals surface area contributed by atoms with E-state index in [2.05, 4.69) is 10.2 Å². The molecule has 1 atom stereocenters. The van der Waals surface area contributed by atoms with Crippen LogP contribution in [-0.4, -0.2) is 36.7 Å². The monoisotopic (exact) mass is 355 g/mol. The number of rotatable bonds is 4. The van der Waals surface area contributed by atoms with Crippen molar-refractivity contribution in [3.8, 4) is 0 Å². The van der Waals surface area contributed by atoms with E-state index in [0.29, 0.717) is 12.3 Å². The number of hydrogen-bond donors (Lipinski definition) is 0. The Morgan fingerprint density at radius 2 is 1.88 bits per heavy atom. The van der Waals surface area contributed by atoms with Crippen molar-refractivity contribution in [2.45, 2.75) is 45.6 Å². The van der Waals surface area contributed by atoms with Gasteiger partial charge < -0.3 is 14.0 Å². The van der Waals surface area contributed by atoms with Gasteiger partial charge in [0, 0.05) is 25.5 Å². The van der Waals surface area contributed by atoms with E-state index in [9.17, 15) is 18.0 Å². The summed E-state index contributed by atoms with van der Waals surface area (Å²) >= 11 is 0. The van der Waals surface area contributed by atoms with E-state index in [4.69, 9.17) is 0 Å². The van der Waals surface area contributed by atoms with E-state index < -0.39 is 12.0 Å². The van der Waals surface area contributed by atoms with E-state index in [0.717, 1.165) is 4.57 Å². The van der Waals surface area contributed by atoms with Gasteiger partial charge in [0.15, 0.2) is 5.82 Å². The van der Waals surface area contributed by atoms with Crippen LogP contribution in [0.4, 0.5) is 13.2 Å². The fourth-order valence-electron chi connectivity index (χ4n) is 3.12. The zero-order valence-corrected chi connectivity index (χ0v) is 14.1. The Kier molecular flexibility index (Phi) is 4.57. The molecule has 1 amide bonds. The standard InChI is InChI=1S/C16H20F3N5O/c1-11(2)9-12(22-5-3-4-6-22)14(25)23-7-8-24-13(10-23)20-21-15(24)16(17,18)19/h3-6,11-12H,7-10H2,1-2H3. The van der Waals surface area contributed by atoms with E-state index in [1.807, 2.05) is 42.9 Å². The lowest BCUT2D eigenvalue weighted by Crippen LogP contribution is -2.43. The average molecular weight is 355 g/mol. The molecule has 0 radical (unpaired) electrons. The van der Waals surface area contributed by atoms with Gasteiger partial charge in [-0.25, -0.2) is 0 Å². The molecule has 1 unspecified atom stereocenters. The van der Waals surface area contributed by atoms with E-state index in [-0.39, 0.29) is 37.4 Å². The van der Waals surface area contributed by atoms with Crippen molar-refractivity contribution in [3.05, 3.63) is 36.2 Å². The molecule has 1 aliphatic heterocycles. The Labute approximate surface area is 143 Å². The number of carbonyl (C=O) groups excluding carboxylic acids is 1. The van der Waals surface area contributed by atoms with Gasteiger partial charge in [0.1, 0.15) is 6.04 Å². The lowest BCUT2D eigenvalue weighted by Gasteiger charge is -2.32. The van der Waals surface area contributed by atoms with E-state index >= 15 is 0 Å². The predicted molar refractivity (Wildman–Crippen MR) is 83.4 cm³/mol. The van der Waals surface area contributed by atoms with Gasteiger partial charge in [-0.3, -0.25) is 4.79 Å². The van der Waals surface area contributed by atoms with Gasteiger partial charge in [-0.2, -0.15) is 13.2 Å². The molecule has 0 saturated heterocycles. The third kappa shape index (κ3) is 3.54. The average Bonchev–Trinajstić information content (AvgIpc) is 3.19. The summed E-state index contributed by atoms with van der Waals surface area (Å²) in [5, 5.41) is 6.88. The minimum absolute atomic E-state index is 0.0395. The van der Waals surface area contributed by atoms with Crippen molar-refractivity contribution in [2.24, 2.45) is 5.92 Å². The van der Waals surface area contributed by atoms with Crippen LogP contribution in [0.1, 0.15) is 38.0 Å². The third-order valence-electron chi connectivity index (χ3n) is 4.29. The molecule has 0 spiro atoms. The molecule has 0 fully saturated rings. The first kappa shape index (κ1) is 17.5. The maximum absolute atomic E-state index is 13.0. The van der Waals surface area contributed by atoms with Gasteiger partial charge in [-0.1, -0.05) is 13.8 Å². The van der Waals surface area contributed by atoms with Crippen LogP contribution in [0.5, 0.6) is 0 Å². The lowest BCUT2D eigenvalue weighted by molar-refractivity contribution is -0.148. The molecule has 3 rings (SSSR count). The minimum atomic E-state index is -4.54. The summed E-state index contributed by atoms with van der Waals surface area (Å²) in [6, 6.07) is 3.33. The van der Waals surface area contributed by atoms with Gasteiger partial charge in [0.05, 0.1) is 6.54 Å². The van der Waals surface area contributed by atoms with Crippen LogP contribution in [0.2, 0.25) is 0 Å². The van der Waals surface area contributed by atoms with Crippen LogP contribution >= 0.6 is 0 Å². The van der Waals surface area contributed by atoms with Crippen LogP contribution < -0.4 is 0 Å². The van der Waals surface area contributed by atoms with Crippen molar-refractivity contribution in [1.29, 1.82) is 0 Å². The second-order valence-electron chi connectivity index (χ2n) is 6.62. The second kappa shape index (κ2) is 6.53. The molecule has 0 N–H and O–H groups in total. The van der Waals surface area contributed by atoms with Gasteiger partial charge in [0.25, 0.3) is 0 Å². The molecular formula is C16H20F3N5O. The first-order valence-corrected chi connectivity index (χ1v) is 8.18. The molecule has 3 heterocycles. The maximum Gasteiger partial charge on any atom is 0.451 e. The maximum atomic E-state index is 13.0. The number of carbonyl (C=O) groups is 1. The van der Waals surface area contributed by atoms with Crippen molar-refractivity contribution < 1.29 is 18.0 Å². The summed E-state index contributed by atoms with van der Waals surface area (Å²) in [5.74, 6) is -0.629. The molecule has 0 saturated carbocycles. The van der Waals surface area contributed by atoms with Gasteiger partial charge in [-0.15, -0.1) is 10.2 Å². The predicted octanol–water partition coefficient (Wildman–Crippen LogP) is 2.73. The fraction of sp³-hybridized carbons (Fsp3) is 0.562. The Balaban J connectivity index is 1.80. The van der Waals surface area contributed by atoms with Gasteiger partial charge >= 0.3 is 6.18 Å². The number of fused-ring (bicyclic) bond motifs is 1. The molecule has 0 aliphatic carbocycles. The zero-order valence-electron chi connectivity index (χ0n) is 14.1. The number of halogens is 3. The number of hydrogen-bond acceptors (Lipinski definition) is 3. The minimum Gasteiger partial charge on any atom is -0.342 e. The Morgan fingerprint density at radius 3 is 2.48 bits per heavy atom. The summed E-state index contributed by atoms with van der Waals surface area (Å²) < 4.78 is 41.6. The van der Waals surface area contributed by atoms with Crippen molar-refractivity contribution in [2.75, 3.05) is 6.54 Å². The molecular weight excluding hydrogens is 335 g/mol. The van der Waals surface area contributed by atoms with Crippen molar-refractivity contribution in [1.82, 2.24) is 24.2 Å². The molecule has 0 bridgehead atoms. The Bertz CT molecular complexity index is 736. The van der Waals surface area contributed by atoms with Crippen LogP contribution in [0.25, 0.3) is 0 Å². The SMILES string of the molecule is CC(C)CC(C(=O)N1CCn2c(nnc2C(F)(F)F)C1)n1cccc1. The van der Waals surface area contributed by atoms with E-state index in [1.165, 1.54) is 0 Å². The van der Waals surface area contributed by atoms with Crippen LogP contribution in [0, 0.1) is 5.92 Å². The molecule has 25 heavy (non-hydrogen) atoms.